The van der Waals surface area contributed by atoms with Gasteiger partial charge < -0.3 is 20.6 Å². The molecule has 0 aromatic heterocycles. The Balaban J connectivity index is 2.73. The maximum atomic E-state index is 11.8. The van der Waals surface area contributed by atoms with E-state index in [1.807, 2.05) is 25.9 Å². The second kappa shape index (κ2) is 6.91. The van der Waals surface area contributed by atoms with Crippen molar-refractivity contribution in [1.29, 1.82) is 0 Å². The molecule has 0 spiro atoms. The first-order valence-electron chi connectivity index (χ1n) is 6.35. The van der Waals surface area contributed by atoms with Crippen LogP contribution in [0, 0.1) is 6.92 Å². The van der Waals surface area contributed by atoms with E-state index in [0.29, 0.717) is 6.54 Å². The molecule has 0 aliphatic carbocycles. The van der Waals surface area contributed by atoms with Crippen LogP contribution in [0.25, 0.3) is 0 Å². The number of carboxylic acids is 1. The smallest absolute Gasteiger partial charge is 0.337 e. The van der Waals surface area contributed by atoms with Crippen LogP contribution in [0.2, 0.25) is 0 Å². The molecule has 1 unspecified atom stereocenters. The number of carbonyl (C=O) groups excluding carboxylic acids is 1. The Hall–Kier alpha value is -2.08. The summed E-state index contributed by atoms with van der Waals surface area (Å²) in [5.74, 6) is -1.06. The minimum absolute atomic E-state index is 0.0382. The van der Waals surface area contributed by atoms with Gasteiger partial charge in [-0.05, 0) is 40.1 Å². The topological polar surface area (TPSA) is 81.7 Å². The molecule has 0 aliphatic heterocycles. The molecule has 0 saturated heterocycles. The lowest BCUT2D eigenvalue weighted by Crippen LogP contribution is -2.41. The van der Waals surface area contributed by atoms with Crippen LogP contribution in [0.4, 0.5) is 10.5 Å². The molecule has 0 bridgehead atoms. The van der Waals surface area contributed by atoms with Gasteiger partial charge in [-0.2, -0.15) is 0 Å². The van der Waals surface area contributed by atoms with E-state index in [-0.39, 0.29) is 17.3 Å². The summed E-state index contributed by atoms with van der Waals surface area (Å²) in [6.07, 6.45) is 0. The van der Waals surface area contributed by atoms with Gasteiger partial charge in [-0.15, -0.1) is 0 Å². The first-order valence-corrected chi connectivity index (χ1v) is 6.35. The molecule has 2 amide bonds. The summed E-state index contributed by atoms with van der Waals surface area (Å²) in [7, 11) is 3.83. The normalized spacial score (nSPS) is 12.1. The number of carboxylic acid groups (broad SMARTS) is 1. The van der Waals surface area contributed by atoms with Crippen LogP contribution in [0.5, 0.6) is 0 Å². The number of hydrogen-bond donors (Lipinski definition) is 3. The molecule has 1 atom stereocenters. The zero-order valence-electron chi connectivity index (χ0n) is 12.2. The fraction of sp³-hybridized carbons (Fsp3) is 0.429. The van der Waals surface area contributed by atoms with Crippen molar-refractivity contribution in [3.05, 3.63) is 29.3 Å². The molecule has 1 rings (SSSR count). The highest BCUT2D eigenvalue weighted by Crippen LogP contribution is 2.17. The van der Waals surface area contributed by atoms with Crippen LogP contribution >= 0.6 is 0 Å². The van der Waals surface area contributed by atoms with E-state index >= 15 is 0 Å². The summed E-state index contributed by atoms with van der Waals surface area (Å²) < 4.78 is 0. The number of aromatic carboxylic acids is 1. The summed E-state index contributed by atoms with van der Waals surface area (Å²) in [4.78, 5) is 24.9. The number of nitrogens with zero attached hydrogens (tertiary/aromatic N) is 1. The van der Waals surface area contributed by atoms with Gasteiger partial charge in [-0.3, -0.25) is 0 Å². The largest absolute Gasteiger partial charge is 0.478 e. The average Bonchev–Trinajstić information content (AvgIpc) is 2.29. The van der Waals surface area contributed by atoms with Crippen LogP contribution < -0.4 is 10.6 Å². The molecule has 110 valence electrons. The summed E-state index contributed by atoms with van der Waals surface area (Å²) in [6, 6.07) is 4.43. The molecular formula is C14H21N3O3. The first kappa shape index (κ1) is 16.0. The van der Waals surface area contributed by atoms with E-state index in [1.54, 1.807) is 19.1 Å². The Morgan fingerprint density at radius 1 is 1.35 bits per heavy atom. The Kier molecular flexibility index (Phi) is 5.52. The molecule has 1 aromatic carbocycles. The second-order valence-corrected chi connectivity index (χ2v) is 5.12. The average molecular weight is 279 g/mol. The SMILES string of the molecule is Cc1ccc(NC(=O)NC(C)CN(C)C)c(C(=O)O)c1. The summed E-state index contributed by atoms with van der Waals surface area (Å²) in [5.41, 5.74) is 1.20. The Morgan fingerprint density at radius 3 is 2.55 bits per heavy atom. The quantitative estimate of drug-likeness (QED) is 0.767. The number of likely N-dealkylation sites (N-methyl/N-ethyl adjacent to an activating group) is 1. The lowest BCUT2D eigenvalue weighted by atomic mass is 10.1. The van der Waals surface area contributed by atoms with Gasteiger partial charge in [0.2, 0.25) is 0 Å². The molecule has 6 nitrogen and oxygen atoms in total. The summed E-state index contributed by atoms with van der Waals surface area (Å²) in [6.45, 7) is 4.38. The fourth-order valence-corrected chi connectivity index (χ4v) is 1.92. The number of nitrogens with one attached hydrogen (secondary N) is 2. The molecule has 1 aromatic rings. The van der Waals surface area contributed by atoms with Gasteiger partial charge >= 0.3 is 12.0 Å². The predicted molar refractivity (Wildman–Crippen MR) is 78.3 cm³/mol. The lowest BCUT2D eigenvalue weighted by molar-refractivity contribution is 0.0698. The van der Waals surface area contributed by atoms with Gasteiger partial charge in [0, 0.05) is 12.6 Å². The monoisotopic (exact) mass is 279 g/mol. The molecule has 20 heavy (non-hydrogen) atoms. The molecule has 0 heterocycles. The predicted octanol–water partition coefficient (Wildman–Crippen LogP) is 1.76. The highest BCUT2D eigenvalue weighted by Gasteiger charge is 2.14. The van der Waals surface area contributed by atoms with E-state index < -0.39 is 12.0 Å². The Morgan fingerprint density at radius 2 is 2.00 bits per heavy atom. The van der Waals surface area contributed by atoms with Gasteiger partial charge in [0.25, 0.3) is 0 Å². The van der Waals surface area contributed by atoms with Gasteiger partial charge in [0.05, 0.1) is 11.3 Å². The van der Waals surface area contributed by atoms with Crippen molar-refractivity contribution in [2.45, 2.75) is 19.9 Å². The number of carbonyl (C=O) groups is 2. The maximum Gasteiger partial charge on any atom is 0.337 e. The molecule has 6 heteroatoms. The Labute approximate surface area is 118 Å². The zero-order valence-corrected chi connectivity index (χ0v) is 12.2. The van der Waals surface area contributed by atoms with Crippen molar-refractivity contribution < 1.29 is 14.7 Å². The molecule has 0 saturated carbocycles. The Bertz CT molecular complexity index is 500. The number of amides is 2. The first-order chi connectivity index (χ1) is 9.29. The number of urea groups is 1. The van der Waals surface area contributed by atoms with E-state index in [1.165, 1.54) is 6.07 Å². The van der Waals surface area contributed by atoms with Crippen molar-refractivity contribution in [2.75, 3.05) is 26.0 Å². The molecule has 0 radical (unpaired) electrons. The van der Waals surface area contributed by atoms with Gasteiger partial charge in [-0.25, -0.2) is 9.59 Å². The van der Waals surface area contributed by atoms with Gasteiger partial charge in [-0.1, -0.05) is 11.6 Å². The second-order valence-electron chi connectivity index (χ2n) is 5.12. The van der Waals surface area contributed by atoms with E-state index in [4.69, 9.17) is 5.11 Å². The van der Waals surface area contributed by atoms with Crippen molar-refractivity contribution in [1.82, 2.24) is 10.2 Å². The molecular weight excluding hydrogens is 258 g/mol. The van der Waals surface area contributed by atoms with Crippen LogP contribution in [0.1, 0.15) is 22.8 Å². The van der Waals surface area contributed by atoms with Gasteiger partial charge in [0.15, 0.2) is 0 Å². The van der Waals surface area contributed by atoms with Crippen LogP contribution in [0.3, 0.4) is 0 Å². The van der Waals surface area contributed by atoms with Crippen LogP contribution in [-0.4, -0.2) is 48.7 Å². The van der Waals surface area contributed by atoms with E-state index in [0.717, 1.165) is 5.56 Å². The minimum atomic E-state index is -1.06. The lowest BCUT2D eigenvalue weighted by Gasteiger charge is -2.19. The van der Waals surface area contributed by atoms with Gasteiger partial charge in [0.1, 0.15) is 0 Å². The number of hydrogen-bond acceptors (Lipinski definition) is 3. The third-order valence-corrected chi connectivity index (χ3v) is 2.67. The maximum absolute atomic E-state index is 11.8. The highest BCUT2D eigenvalue weighted by atomic mass is 16.4. The third kappa shape index (κ3) is 4.89. The van der Waals surface area contributed by atoms with Crippen molar-refractivity contribution in [2.24, 2.45) is 0 Å². The molecule has 3 N–H and O–H groups in total. The van der Waals surface area contributed by atoms with E-state index in [2.05, 4.69) is 10.6 Å². The standard InChI is InChI=1S/C14H21N3O3/c1-9-5-6-12(11(7-9)13(18)19)16-14(20)15-10(2)8-17(3)4/h5-7,10H,8H2,1-4H3,(H,18,19)(H2,15,16,20). The zero-order chi connectivity index (χ0) is 15.3. The number of rotatable bonds is 5. The van der Waals surface area contributed by atoms with E-state index in [9.17, 15) is 9.59 Å². The number of anilines is 1. The third-order valence-electron chi connectivity index (χ3n) is 2.67. The van der Waals surface area contributed by atoms with Crippen molar-refractivity contribution >= 4 is 17.7 Å². The van der Waals surface area contributed by atoms with Crippen molar-refractivity contribution in [3.8, 4) is 0 Å². The highest BCUT2D eigenvalue weighted by molar-refractivity contribution is 6.00. The minimum Gasteiger partial charge on any atom is -0.478 e. The summed E-state index contributed by atoms with van der Waals surface area (Å²) in [5, 5.41) is 14.5. The molecule has 0 fully saturated rings. The van der Waals surface area contributed by atoms with Crippen LogP contribution in [-0.2, 0) is 0 Å². The van der Waals surface area contributed by atoms with Crippen molar-refractivity contribution in [3.63, 3.8) is 0 Å². The molecule has 0 aliphatic rings. The fourth-order valence-electron chi connectivity index (χ4n) is 1.92. The summed E-state index contributed by atoms with van der Waals surface area (Å²) >= 11 is 0. The number of benzene rings is 1. The number of aryl methyl sites for hydroxylation is 1. The van der Waals surface area contributed by atoms with Crippen LogP contribution in [0.15, 0.2) is 18.2 Å².